The molecule has 39 heteroatoms. The predicted molar refractivity (Wildman–Crippen MR) is 545 cm³/mol. The number of aromatic carboxylic acids is 2. The molecule has 147 heavy (non-hydrogen) atoms. The summed E-state index contributed by atoms with van der Waals surface area (Å²) in [7, 11) is -3.45. The molecule has 772 valence electrons. The summed E-state index contributed by atoms with van der Waals surface area (Å²) in [6.45, 7) is 27.6. The highest BCUT2D eigenvalue weighted by atomic mass is 32.2. The van der Waals surface area contributed by atoms with Crippen LogP contribution in [0.25, 0.3) is 47.1 Å². The van der Waals surface area contributed by atoms with E-state index in [9.17, 15) is 59.0 Å². The molecular formula is C108H118B3F6N9O20S. The van der Waals surface area contributed by atoms with Gasteiger partial charge in [-0.15, -0.1) is 15.3 Å². The Morgan fingerprint density at radius 1 is 0.422 bits per heavy atom. The van der Waals surface area contributed by atoms with E-state index in [1.54, 1.807) is 42.6 Å². The Balaban J connectivity index is 0.000000144. The molecule has 0 bridgehead atoms. The first-order chi connectivity index (χ1) is 69.5. The smallest absolute Gasteiger partial charge is 0.497 e. The van der Waals surface area contributed by atoms with E-state index in [4.69, 9.17) is 57.1 Å². The van der Waals surface area contributed by atoms with Crippen molar-refractivity contribution in [3.63, 3.8) is 0 Å². The molecule has 0 spiro atoms. The summed E-state index contributed by atoms with van der Waals surface area (Å²) in [5.41, 5.74) is 15.1. The number of alkyl halides is 6. The van der Waals surface area contributed by atoms with Gasteiger partial charge < -0.3 is 61.6 Å². The van der Waals surface area contributed by atoms with E-state index < -0.39 is 59.7 Å². The quantitative estimate of drug-likeness (QED) is 0.0216. The average molecular weight is 2040 g/mol. The van der Waals surface area contributed by atoms with Gasteiger partial charge in [0.25, 0.3) is 0 Å². The second-order valence-corrected chi connectivity index (χ2v) is 40.4. The van der Waals surface area contributed by atoms with E-state index >= 15 is 0 Å². The van der Waals surface area contributed by atoms with Gasteiger partial charge in [-0.3, -0.25) is 4.79 Å². The number of aryl methyl sites for hydroxylation is 6. The number of methoxy groups -OCH3 is 2. The van der Waals surface area contributed by atoms with E-state index in [0.29, 0.717) is 55.3 Å². The number of ketones is 1. The number of benzene rings is 8. The first-order valence-corrected chi connectivity index (χ1v) is 49.4. The van der Waals surface area contributed by atoms with Crippen molar-refractivity contribution in [1.82, 2.24) is 45.4 Å². The van der Waals surface area contributed by atoms with Crippen molar-refractivity contribution in [2.45, 2.75) is 232 Å². The average Bonchev–Trinajstić information content (AvgIpc) is 1.59. The fourth-order valence-corrected chi connectivity index (χ4v) is 17.6. The molecule has 3 aromatic heterocycles. The molecule has 0 amide bonds. The highest BCUT2D eigenvalue weighted by Gasteiger charge is 2.64. The number of carboxylic acids is 3. The van der Waals surface area contributed by atoms with Gasteiger partial charge in [0.1, 0.15) is 28.7 Å². The summed E-state index contributed by atoms with van der Waals surface area (Å²) in [6, 6.07) is 63.8. The van der Waals surface area contributed by atoms with Crippen LogP contribution in [0.4, 0.5) is 26.3 Å². The monoisotopic (exact) mass is 2040 g/mol. The van der Waals surface area contributed by atoms with Crippen LogP contribution >= 0.6 is 0 Å². The Labute approximate surface area is 850 Å². The summed E-state index contributed by atoms with van der Waals surface area (Å²) < 4.78 is 149. The second-order valence-electron chi connectivity index (χ2n) is 38.9. The van der Waals surface area contributed by atoms with Crippen LogP contribution in [0.5, 0.6) is 11.5 Å². The van der Waals surface area contributed by atoms with Crippen molar-refractivity contribution in [3.8, 4) is 11.5 Å². The maximum atomic E-state index is 12.5. The molecule has 6 aliphatic carbocycles. The number of nitrogens with zero attached hydrogens (tertiary/aromatic N) is 8. The lowest BCUT2D eigenvalue weighted by Crippen LogP contribution is -2.41. The lowest BCUT2D eigenvalue weighted by atomic mass is 9.49. The van der Waals surface area contributed by atoms with Gasteiger partial charge in [0.2, 0.25) is 0 Å². The first kappa shape index (κ1) is 111. The molecule has 0 radical (unpaired) electrons. The highest BCUT2D eigenvalue weighted by Crippen LogP contribution is 2.46. The van der Waals surface area contributed by atoms with Crippen molar-refractivity contribution in [1.29, 1.82) is 0 Å². The third-order valence-electron chi connectivity index (χ3n) is 27.3. The van der Waals surface area contributed by atoms with Crippen LogP contribution in [0.3, 0.4) is 0 Å². The van der Waals surface area contributed by atoms with Crippen molar-refractivity contribution in [3.05, 3.63) is 317 Å². The standard InChI is InChI=1S/C23H23N3O3.C21H19N3O3.C16H21BO2.C13H11N3O2.C12H24B2O4.C11H9F3O3S.C10H10O.C2HF3O2/c1-3-29-23(27)21-22(19-11-10-17-6-4-5-7-18(17)14-19)26(25-24-21)15-16-8-12-20(28-2)13-9-16;1-27-18-10-6-14(7-11-18)13-24-20(19(21(25)26)22-23-24)17-9-8-15-4-2-3-5-16(15)12-17;1-15(2)16(3,4)19-17(18-15)14-10-9-12-7-5-6-8-13(12)11-14;17-13(18)12-11(14-16-15-12)10-6-5-8-3-1-2-4-9(8)7-10;1-9(2)10(3,4)16-13(15-9)14-17-11(5,6)12(7,8)18-14;12-11(13,14)18(15,16)17-10-6-5-8-3-1-2-4-9(8)7-10;11-10-6-5-8-3-1-2-4-9(8)7-10;3-2(4,5)1(6)7/h4-9,12-14H,3,10-11,15H2,1-2H3;2-7,10-12H,8-9,13H2,1H3,(H,25,26);5-8,11H,9-10H2,1-4H3;1-4,7H,5-6H2,(H,17,18)(H,14,15,16);1-8H3;1-4,7H,5-6H2;1-4H,5-7H2;(H,6,7). The molecule has 9 aliphatic rings. The largest absolute Gasteiger partial charge is 0.534 e. The number of ether oxygens (including phenoxy) is 3. The van der Waals surface area contributed by atoms with E-state index in [2.05, 4.69) is 147 Å². The third-order valence-corrected chi connectivity index (χ3v) is 28.3. The number of fused-ring (bicyclic) bond motifs is 6. The van der Waals surface area contributed by atoms with Gasteiger partial charge in [0, 0.05) is 19.3 Å². The van der Waals surface area contributed by atoms with Gasteiger partial charge in [0.15, 0.2) is 17.1 Å². The Morgan fingerprint density at radius 3 is 1.17 bits per heavy atom. The number of hydrogen-bond donors (Lipinski definition) is 4. The van der Waals surface area contributed by atoms with E-state index in [-0.39, 0.29) is 70.0 Å². The van der Waals surface area contributed by atoms with Crippen LogP contribution in [-0.4, -0.2) is 186 Å². The molecule has 0 saturated carbocycles. The number of nitrogens with one attached hydrogen (secondary N) is 1. The number of allylic oxidation sites excluding steroid dienone is 5. The molecular weight excluding hydrogens is 1920 g/mol. The minimum atomic E-state index is -5.57. The molecule has 0 unspecified atom stereocenters. The molecule has 4 N–H and O–H groups in total. The maximum Gasteiger partial charge on any atom is 0.534 e. The van der Waals surface area contributed by atoms with Gasteiger partial charge in [-0.25, -0.2) is 28.5 Å². The van der Waals surface area contributed by atoms with Crippen LogP contribution < -0.4 is 9.47 Å². The third kappa shape index (κ3) is 27.4. The zero-order chi connectivity index (χ0) is 106. The number of H-pyrrole nitrogens is 1. The van der Waals surface area contributed by atoms with Crippen LogP contribution in [0.15, 0.2) is 205 Å². The number of halogens is 6. The lowest BCUT2D eigenvalue weighted by molar-refractivity contribution is -0.192. The molecule has 3 fully saturated rings. The zero-order valence-corrected chi connectivity index (χ0v) is 85.3. The van der Waals surface area contributed by atoms with E-state index in [1.165, 1.54) is 56.1 Å². The minimum Gasteiger partial charge on any atom is -0.497 e. The van der Waals surface area contributed by atoms with Gasteiger partial charge >= 0.3 is 66.8 Å². The number of aliphatic carboxylic acids is 1. The van der Waals surface area contributed by atoms with Crippen LogP contribution in [0.2, 0.25) is 0 Å². The van der Waals surface area contributed by atoms with Crippen LogP contribution in [0.1, 0.15) is 255 Å². The number of aromatic nitrogens is 9. The number of esters is 1. The maximum absolute atomic E-state index is 12.5. The minimum absolute atomic E-state index is 0.00542. The summed E-state index contributed by atoms with van der Waals surface area (Å²) in [4.78, 5) is 55.2. The van der Waals surface area contributed by atoms with Crippen molar-refractivity contribution in [2.75, 3.05) is 20.8 Å². The zero-order valence-electron chi connectivity index (χ0n) is 84.4. The molecule has 29 nitrogen and oxygen atoms in total. The molecule has 3 saturated heterocycles. The number of Topliss-reactive ketones (excluding diaryl/α,β-unsaturated/α-hetero) is 1. The Bertz CT molecular complexity index is 6810. The summed E-state index contributed by atoms with van der Waals surface area (Å²) in [6.07, 6.45) is 14.7. The fraction of sp³-hybridized carbons (Fsp3) is 0.361. The predicted octanol–water partition coefficient (Wildman–Crippen LogP) is 20.6. The Morgan fingerprint density at radius 2 is 0.769 bits per heavy atom. The SMILES string of the molecule is CC1(C)OB(B2OC(C)(C)C(C)(C)O2)OC1(C)C.CC1(C)OB(C2=Cc3ccccc3CC2)OC1(C)C.CCOC(=O)c1nnn(Cc2ccc(OC)cc2)c1C1=Cc2ccccc2CC1.COc1ccc(Cn2nnc(C(=O)O)c2C2=Cc3ccccc3CC2)cc1.O=C(O)C(F)(F)F.O=C(O)c1n[nH]nc1C1=Cc2ccccc2CC1.O=C1CCc2ccccc2C1.O=S(=O)(OC1=Cc2ccccc2CC1)C(F)(F)F. The van der Waals surface area contributed by atoms with E-state index in [1.807, 2.05) is 183 Å². The van der Waals surface area contributed by atoms with Crippen molar-refractivity contribution >= 4 is 108 Å². The normalized spacial score (nSPS) is 17.3. The van der Waals surface area contributed by atoms with Crippen LogP contribution in [0, 0.1) is 0 Å². The number of carbonyl (C=O) groups is 5. The van der Waals surface area contributed by atoms with Crippen LogP contribution in [-0.2, 0) is 115 Å². The fourth-order valence-electron chi connectivity index (χ4n) is 17.1. The van der Waals surface area contributed by atoms with Crippen molar-refractivity contribution in [2.24, 2.45) is 0 Å². The van der Waals surface area contributed by atoms with Gasteiger partial charge in [-0.05, 0) is 303 Å². The highest BCUT2D eigenvalue weighted by molar-refractivity contribution is 7.87. The number of carboxylic acid groups (broad SMARTS) is 3. The number of rotatable bonds is 17. The number of carbonyl (C=O) groups excluding carboxylic acids is 2. The summed E-state index contributed by atoms with van der Waals surface area (Å²) in [5.74, 6) is -3.56. The molecule has 11 aromatic rings. The second kappa shape index (κ2) is 46.6. The van der Waals surface area contributed by atoms with Gasteiger partial charge in [-0.1, -0.05) is 186 Å². The lowest BCUT2D eigenvalue weighted by Gasteiger charge is -2.32. The summed E-state index contributed by atoms with van der Waals surface area (Å²) in [5, 5.41) is 52.2. The molecule has 3 aliphatic heterocycles. The molecule has 20 rings (SSSR count). The van der Waals surface area contributed by atoms with Gasteiger partial charge in [0.05, 0.1) is 78.9 Å². The Hall–Kier alpha value is -13.7. The Kier molecular flexibility index (Phi) is 35.0. The van der Waals surface area contributed by atoms with Gasteiger partial charge in [-0.2, -0.15) is 45.1 Å². The summed E-state index contributed by atoms with van der Waals surface area (Å²) >= 11 is 0. The van der Waals surface area contributed by atoms with Crippen molar-refractivity contribution < 1.29 is 120 Å². The number of hydrogen-bond acceptors (Lipinski definition) is 23. The molecule has 6 heterocycles. The molecule has 8 aromatic carbocycles. The molecule has 0 atom stereocenters. The number of aromatic amines is 1. The first-order valence-electron chi connectivity index (χ1n) is 48.0. The van der Waals surface area contributed by atoms with E-state index in [0.717, 1.165) is 126 Å². The topological polar surface area (TPSA) is 375 Å².